The van der Waals surface area contributed by atoms with Crippen molar-refractivity contribution in [3.8, 4) is 0 Å². The van der Waals surface area contributed by atoms with Gasteiger partial charge in [-0.3, -0.25) is 4.79 Å². The molecule has 2 bridgehead atoms. The molecule has 0 heterocycles. The summed E-state index contributed by atoms with van der Waals surface area (Å²) in [6.07, 6.45) is -1.99. The summed E-state index contributed by atoms with van der Waals surface area (Å²) >= 11 is 0. The highest BCUT2D eigenvalue weighted by Crippen LogP contribution is 2.69. The maximum Gasteiger partial charge on any atom is 0.392 e. The van der Waals surface area contributed by atoms with Crippen LogP contribution in [0, 0.1) is 35.5 Å². The number of fused-ring (bicyclic) bond motifs is 1. The van der Waals surface area contributed by atoms with Gasteiger partial charge < -0.3 is 5.11 Å². The monoisotopic (exact) mass is 248 g/mol. The van der Waals surface area contributed by atoms with E-state index in [2.05, 4.69) is 0 Å². The number of carboxylic acid groups (broad SMARTS) is 1. The van der Waals surface area contributed by atoms with Crippen LogP contribution in [0.1, 0.15) is 25.7 Å². The molecule has 3 fully saturated rings. The summed E-state index contributed by atoms with van der Waals surface area (Å²) in [6, 6.07) is 0. The second-order valence-corrected chi connectivity index (χ2v) is 5.81. The third-order valence-electron chi connectivity index (χ3n) is 5.25. The van der Waals surface area contributed by atoms with Gasteiger partial charge in [0.1, 0.15) is 0 Å². The zero-order valence-corrected chi connectivity index (χ0v) is 9.28. The van der Waals surface area contributed by atoms with E-state index in [4.69, 9.17) is 5.11 Å². The number of alkyl halides is 3. The molecule has 0 spiro atoms. The summed E-state index contributed by atoms with van der Waals surface area (Å²) in [6.45, 7) is 0. The van der Waals surface area contributed by atoms with E-state index in [9.17, 15) is 18.0 Å². The molecule has 3 aliphatic carbocycles. The van der Waals surface area contributed by atoms with Gasteiger partial charge in [0.2, 0.25) is 0 Å². The molecule has 96 valence electrons. The molecule has 6 unspecified atom stereocenters. The van der Waals surface area contributed by atoms with Gasteiger partial charge in [0, 0.05) is 6.42 Å². The van der Waals surface area contributed by atoms with Gasteiger partial charge in [-0.05, 0) is 48.9 Å². The molecule has 0 aliphatic heterocycles. The maximum absolute atomic E-state index is 12.9. The molecule has 0 amide bonds. The van der Waals surface area contributed by atoms with Crippen molar-refractivity contribution < 1.29 is 23.1 Å². The van der Waals surface area contributed by atoms with Crippen LogP contribution in [0.2, 0.25) is 0 Å². The van der Waals surface area contributed by atoms with Gasteiger partial charge in [-0.1, -0.05) is 0 Å². The van der Waals surface area contributed by atoms with Crippen LogP contribution in [-0.4, -0.2) is 17.3 Å². The van der Waals surface area contributed by atoms with Crippen LogP contribution in [0.4, 0.5) is 13.2 Å². The molecule has 3 aliphatic rings. The number of carboxylic acids is 1. The minimum absolute atomic E-state index is 0.00912. The highest BCUT2D eigenvalue weighted by molar-refractivity contribution is 5.67. The van der Waals surface area contributed by atoms with Gasteiger partial charge in [-0.15, -0.1) is 0 Å². The minimum Gasteiger partial charge on any atom is -0.481 e. The van der Waals surface area contributed by atoms with E-state index in [0.29, 0.717) is 12.8 Å². The lowest BCUT2D eigenvalue weighted by molar-refractivity contribution is -0.227. The fraction of sp³-hybridized carbons (Fsp3) is 0.917. The van der Waals surface area contributed by atoms with E-state index in [-0.39, 0.29) is 36.0 Å². The molecular formula is C12H15F3O2. The Morgan fingerprint density at radius 1 is 1.24 bits per heavy atom. The summed E-state index contributed by atoms with van der Waals surface area (Å²) in [5, 5.41) is 8.80. The molecular weight excluding hydrogens is 233 g/mol. The van der Waals surface area contributed by atoms with Gasteiger partial charge in [0.25, 0.3) is 0 Å². The average molecular weight is 248 g/mol. The van der Waals surface area contributed by atoms with Crippen LogP contribution >= 0.6 is 0 Å². The van der Waals surface area contributed by atoms with Crippen LogP contribution in [0.15, 0.2) is 0 Å². The minimum atomic E-state index is -4.09. The van der Waals surface area contributed by atoms with E-state index in [1.54, 1.807) is 0 Å². The quantitative estimate of drug-likeness (QED) is 0.815. The smallest absolute Gasteiger partial charge is 0.392 e. The molecule has 0 aromatic heterocycles. The van der Waals surface area contributed by atoms with Crippen molar-refractivity contribution >= 4 is 5.97 Å². The summed E-state index contributed by atoms with van der Waals surface area (Å²) in [5.74, 6) is -2.46. The first-order valence-corrected chi connectivity index (χ1v) is 6.18. The molecule has 3 rings (SSSR count). The van der Waals surface area contributed by atoms with E-state index in [1.165, 1.54) is 0 Å². The standard InChI is InChI=1S/C12H15F3O2/c13-12(14,15)11-5-1-2-6-7(4-9(16)17)8(3-5)10(6)11/h5-8,10-11H,1-4H2,(H,16,17). The lowest BCUT2D eigenvalue weighted by Crippen LogP contribution is -2.51. The van der Waals surface area contributed by atoms with Crippen molar-refractivity contribution in [2.45, 2.75) is 31.9 Å². The van der Waals surface area contributed by atoms with Crippen LogP contribution in [0.5, 0.6) is 0 Å². The molecule has 0 saturated heterocycles. The summed E-state index contributed by atoms with van der Waals surface area (Å²) < 4.78 is 38.8. The number of carbonyl (C=O) groups is 1. The highest BCUT2D eigenvalue weighted by Gasteiger charge is 2.68. The van der Waals surface area contributed by atoms with Gasteiger partial charge in [-0.25, -0.2) is 0 Å². The van der Waals surface area contributed by atoms with E-state index in [0.717, 1.165) is 6.42 Å². The fourth-order valence-corrected chi connectivity index (χ4v) is 4.84. The molecule has 0 radical (unpaired) electrons. The Morgan fingerprint density at radius 2 is 1.94 bits per heavy atom. The Hall–Kier alpha value is -0.740. The van der Waals surface area contributed by atoms with Crippen LogP contribution in [0.25, 0.3) is 0 Å². The SMILES string of the molecule is O=C(O)CC1C2CCC3CC1C2C3C(F)(F)F. The van der Waals surface area contributed by atoms with Crippen LogP contribution in [-0.2, 0) is 4.79 Å². The highest BCUT2D eigenvalue weighted by atomic mass is 19.4. The summed E-state index contributed by atoms with van der Waals surface area (Å²) in [5.41, 5.74) is 0. The van der Waals surface area contributed by atoms with Crippen LogP contribution < -0.4 is 0 Å². The molecule has 0 aromatic rings. The number of halogens is 3. The van der Waals surface area contributed by atoms with Gasteiger partial charge in [-0.2, -0.15) is 13.2 Å². The second kappa shape index (κ2) is 3.39. The predicted molar refractivity (Wildman–Crippen MR) is 53.1 cm³/mol. The Bertz CT molecular complexity index is 346. The molecule has 1 N–H and O–H groups in total. The summed E-state index contributed by atoms with van der Waals surface area (Å²) in [7, 11) is 0. The lowest BCUT2D eigenvalue weighted by Gasteiger charge is -2.52. The van der Waals surface area contributed by atoms with E-state index in [1.807, 2.05) is 0 Å². The van der Waals surface area contributed by atoms with Crippen molar-refractivity contribution in [2.75, 3.05) is 0 Å². The van der Waals surface area contributed by atoms with Crippen molar-refractivity contribution in [1.82, 2.24) is 0 Å². The van der Waals surface area contributed by atoms with Crippen molar-refractivity contribution in [3.05, 3.63) is 0 Å². The number of aliphatic carboxylic acids is 1. The first kappa shape index (κ1) is 11.4. The van der Waals surface area contributed by atoms with Crippen molar-refractivity contribution in [3.63, 3.8) is 0 Å². The number of hydrogen-bond acceptors (Lipinski definition) is 1. The third kappa shape index (κ3) is 1.50. The number of hydrogen-bond donors (Lipinski definition) is 1. The summed E-state index contributed by atoms with van der Waals surface area (Å²) in [4.78, 5) is 10.7. The fourth-order valence-electron chi connectivity index (χ4n) is 4.84. The normalized spacial score (nSPS) is 47.7. The van der Waals surface area contributed by atoms with E-state index < -0.39 is 18.1 Å². The largest absolute Gasteiger partial charge is 0.481 e. The van der Waals surface area contributed by atoms with Gasteiger partial charge >= 0.3 is 12.1 Å². The van der Waals surface area contributed by atoms with Crippen LogP contribution in [0.3, 0.4) is 0 Å². The molecule has 2 nitrogen and oxygen atoms in total. The Kier molecular flexibility index (Phi) is 2.26. The molecule has 5 heteroatoms. The third-order valence-corrected chi connectivity index (χ3v) is 5.25. The Labute approximate surface area is 97.2 Å². The lowest BCUT2D eigenvalue weighted by atomic mass is 9.52. The zero-order chi connectivity index (χ0) is 12.4. The average Bonchev–Trinajstić information content (AvgIpc) is 2.33. The Morgan fingerprint density at radius 3 is 2.53 bits per heavy atom. The molecule has 17 heavy (non-hydrogen) atoms. The van der Waals surface area contributed by atoms with Gasteiger partial charge in [0.15, 0.2) is 0 Å². The first-order valence-electron chi connectivity index (χ1n) is 6.18. The maximum atomic E-state index is 12.9. The second-order valence-electron chi connectivity index (χ2n) is 5.81. The predicted octanol–water partition coefficient (Wildman–Crippen LogP) is 2.93. The zero-order valence-electron chi connectivity index (χ0n) is 9.28. The molecule has 3 saturated carbocycles. The molecule has 6 atom stereocenters. The van der Waals surface area contributed by atoms with Crippen molar-refractivity contribution in [2.24, 2.45) is 35.5 Å². The number of rotatable bonds is 2. The van der Waals surface area contributed by atoms with E-state index >= 15 is 0 Å². The van der Waals surface area contributed by atoms with Crippen molar-refractivity contribution in [1.29, 1.82) is 0 Å². The first-order chi connectivity index (χ1) is 7.89. The topological polar surface area (TPSA) is 37.3 Å². The Balaban J connectivity index is 1.81. The van der Waals surface area contributed by atoms with Gasteiger partial charge in [0.05, 0.1) is 5.92 Å². The molecule has 0 aromatic carbocycles.